The molecule has 0 amide bonds. The Labute approximate surface area is 106 Å². The maximum atomic E-state index is 11.4. The molecule has 0 N–H and O–H groups in total. The van der Waals surface area contributed by atoms with E-state index < -0.39 is 0 Å². The summed E-state index contributed by atoms with van der Waals surface area (Å²) in [5.74, 6) is 0.0938. The van der Waals surface area contributed by atoms with Crippen molar-refractivity contribution in [1.29, 1.82) is 5.26 Å². The lowest BCUT2D eigenvalue weighted by atomic mass is 10.0. The van der Waals surface area contributed by atoms with Gasteiger partial charge in [-0.2, -0.15) is 5.26 Å². The van der Waals surface area contributed by atoms with Gasteiger partial charge in [-0.05, 0) is 19.1 Å². The van der Waals surface area contributed by atoms with Gasteiger partial charge in [0.25, 0.3) is 0 Å². The van der Waals surface area contributed by atoms with E-state index in [1.807, 2.05) is 6.07 Å². The number of carbonyl (C=O) groups excluding carboxylic acids is 1. The van der Waals surface area contributed by atoms with Gasteiger partial charge < -0.3 is 9.47 Å². The standard InChI is InChI=1S/C12H13NO3S/c1-3-16-12(14)6-10-8(7-13)4-9(17)5-11(10)15-2/h4-5,17H,3,6H2,1-2H3. The molecule has 17 heavy (non-hydrogen) atoms. The van der Waals surface area contributed by atoms with E-state index in [1.165, 1.54) is 7.11 Å². The van der Waals surface area contributed by atoms with Crippen molar-refractivity contribution in [2.45, 2.75) is 18.2 Å². The van der Waals surface area contributed by atoms with Crippen molar-refractivity contribution in [3.05, 3.63) is 23.3 Å². The summed E-state index contributed by atoms with van der Waals surface area (Å²) >= 11 is 4.16. The number of hydrogen-bond donors (Lipinski definition) is 1. The summed E-state index contributed by atoms with van der Waals surface area (Å²) in [7, 11) is 1.48. The number of methoxy groups -OCH3 is 1. The quantitative estimate of drug-likeness (QED) is 0.656. The highest BCUT2D eigenvalue weighted by Crippen LogP contribution is 2.26. The number of nitriles is 1. The minimum atomic E-state index is -0.380. The normalized spacial score (nSPS) is 9.53. The van der Waals surface area contributed by atoms with Crippen molar-refractivity contribution in [2.75, 3.05) is 13.7 Å². The smallest absolute Gasteiger partial charge is 0.310 e. The lowest BCUT2D eigenvalue weighted by Crippen LogP contribution is -2.10. The van der Waals surface area contributed by atoms with Gasteiger partial charge in [-0.15, -0.1) is 12.6 Å². The Kier molecular flexibility index (Phi) is 4.85. The van der Waals surface area contributed by atoms with Crippen molar-refractivity contribution in [2.24, 2.45) is 0 Å². The third-order valence-electron chi connectivity index (χ3n) is 2.16. The van der Waals surface area contributed by atoms with Gasteiger partial charge in [0.1, 0.15) is 5.75 Å². The fraction of sp³-hybridized carbons (Fsp3) is 0.333. The zero-order valence-electron chi connectivity index (χ0n) is 9.69. The molecular formula is C12H13NO3S. The van der Waals surface area contributed by atoms with Crippen LogP contribution in [0.4, 0.5) is 0 Å². The Balaban J connectivity index is 3.12. The second-order valence-corrected chi connectivity index (χ2v) is 3.78. The number of esters is 1. The predicted octanol–water partition coefficient (Wildman–Crippen LogP) is 1.96. The highest BCUT2D eigenvalue weighted by atomic mass is 32.1. The van der Waals surface area contributed by atoms with Gasteiger partial charge in [-0.3, -0.25) is 4.79 Å². The summed E-state index contributed by atoms with van der Waals surface area (Å²) in [4.78, 5) is 12.0. The summed E-state index contributed by atoms with van der Waals surface area (Å²) in [6, 6.07) is 5.28. The molecule has 1 rings (SSSR count). The third-order valence-corrected chi connectivity index (χ3v) is 2.42. The molecule has 0 unspecified atom stereocenters. The first-order chi connectivity index (χ1) is 8.12. The van der Waals surface area contributed by atoms with Crippen LogP contribution in [0.1, 0.15) is 18.1 Å². The first kappa shape index (κ1) is 13.4. The molecule has 0 aromatic heterocycles. The van der Waals surface area contributed by atoms with Crippen LogP contribution in [0.3, 0.4) is 0 Å². The largest absolute Gasteiger partial charge is 0.496 e. The fourth-order valence-corrected chi connectivity index (χ4v) is 1.70. The number of rotatable bonds is 4. The molecular weight excluding hydrogens is 238 g/mol. The predicted molar refractivity (Wildman–Crippen MR) is 65.3 cm³/mol. The summed E-state index contributed by atoms with van der Waals surface area (Å²) in [6.45, 7) is 2.05. The van der Waals surface area contributed by atoms with Crippen molar-refractivity contribution < 1.29 is 14.3 Å². The zero-order chi connectivity index (χ0) is 12.8. The average Bonchev–Trinajstić information content (AvgIpc) is 2.31. The Bertz CT molecular complexity index is 466. The molecule has 0 heterocycles. The molecule has 0 fully saturated rings. The van der Waals surface area contributed by atoms with E-state index in [1.54, 1.807) is 19.1 Å². The Morgan fingerprint density at radius 1 is 1.53 bits per heavy atom. The van der Waals surface area contributed by atoms with Crippen LogP contribution in [0.25, 0.3) is 0 Å². The Morgan fingerprint density at radius 3 is 2.76 bits per heavy atom. The number of carbonyl (C=O) groups is 1. The van der Waals surface area contributed by atoms with Crippen molar-refractivity contribution in [3.8, 4) is 11.8 Å². The topological polar surface area (TPSA) is 59.3 Å². The van der Waals surface area contributed by atoms with Crippen molar-refractivity contribution in [3.63, 3.8) is 0 Å². The third kappa shape index (κ3) is 3.40. The maximum absolute atomic E-state index is 11.4. The van der Waals surface area contributed by atoms with E-state index in [0.29, 0.717) is 28.4 Å². The van der Waals surface area contributed by atoms with Gasteiger partial charge in [0.05, 0.1) is 31.8 Å². The Hall–Kier alpha value is -1.67. The summed E-state index contributed by atoms with van der Waals surface area (Å²) in [5.41, 5.74) is 0.911. The second kappa shape index (κ2) is 6.16. The molecule has 0 saturated heterocycles. The zero-order valence-corrected chi connectivity index (χ0v) is 10.6. The van der Waals surface area contributed by atoms with Crippen LogP contribution in [0.2, 0.25) is 0 Å². The van der Waals surface area contributed by atoms with E-state index in [0.717, 1.165) is 0 Å². The van der Waals surface area contributed by atoms with Gasteiger partial charge in [-0.1, -0.05) is 0 Å². The van der Waals surface area contributed by atoms with E-state index in [9.17, 15) is 4.79 Å². The number of hydrogen-bond acceptors (Lipinski definition) is 5. The Morgan fingerprint density at radius 2 is 2.24 bits per heavy atom. The summed E-state index contributed by atoms with van der Waals surface area (Å²) < 4.78 is 9.99. The number of ether oxygens (including phenoxy) is 2. The lowest BCUT2D eigenvalue weighted by molar-refractivity contribution is -0.142. The average molecular weight is 251 g/mol. The van der Waals surface area contributed by atoms with Crippen LogP contribution in [0, 0.1) is 11.3 Å². The molecule has 0 radical (unpaired) electrons. The molecule has 5 heteroatoms. The lowest BCUT2D eigenvalue weighted by Gasteiger charge is -2.10. The van der Waals surface area contributed by atoms with Gasteiger partial charge in [0, 0.05) is 10.5 Å². The number of benzene rings is 1. The molecule has 0 aliphatic carbocycles. The molecule has 1 aromatic rings. The molecule has 0 saturated carbocycles. The van der Waals surface area contributed by atoms with Gasteiger partial charge >= 0.3 is 5.97 Å². The summed E-state index contributed by atoms with van der Waals surface area (Å²) in [5, 5.41) is 9.01. The maximum Gasteiger partial charge on any atom is 0.310 e. The first-order valence-corrected chi connectivity index (χ1v) is 5.52. The van der Waals surface area contributed by atoms with Gasteiger partial charge in [-0.25, -0.2) is 0 Å². The molecule has 1 aromatic carbocycles. The van der Waals surface area contributed by atoms with Crippen molar-refractivity contribution >= 4 is 18.6 Å². The summed E-state index contributed by atoms with van der Waals surface area (Å²) in [6.07, 6.45) is 0.0218. The van der Waals surface area contributed by atoms with Gasteiger partial charge in [0.2, 0.25) is 0 Å². The van der Waals surface area contributed by atoms with E-state index >= 15 is 0 Å². The molecule has 4 nitrogen and oxygen atoms in total. The monoisotopic (exact) mass is 251 g/mol. The second-order valence-electron chi connectivity index (χ2n) is 3.27. The molecule has 0 bridgehead atoms. The highest BCUT2D eigenvalue weighted by Gasteiger charge is 2.15. The van der Waals surface area contributed by atoms with Crippen LogP contribution in [0.15, 0.2) is 17.0 Å². The van der Waals surface area contributed by atoms with E-state index in [-0.39, 0.29) is 12.4 Å². The minimum Gasteiger partial charge on any atom is -0.496 e. The molecule has 90 valence electrons. The van der Waals surface area contributed by atoms with Crippen LogP contribution in [-0.2, 0) is 16.0 Å². The number of thiol groups is 1. The minimum absolute atomic E-state index is 0.0218. The van der Waals surface area contributed by atoms with Gasteiger partial charge in [0.15, 0.2) is 0 Å². The van der Waals surface area contributed by atoms with Crippen LogP contribution in [0.5, 0.6) is 5.75 Å². The van der Waals surface area contributed by atoms with Crippen molar-refractivity contribution in [1.82, 2.24) is 0 Å². The van der Waals surface area contributed by atoms with E-state index in [4.69, 9.17) is 14.7 Å². The molecule has 0 spiro atoms. The molecule has 0 atom stereocenters. The van der Waals surface area contributed by atoms with Crippen LogP contribution >= 0.6 is 12.6 Å². The first-order valence-electron chi connectivity index (χ1n) is 5.08. The molecule has 0 aliphatic heterocycles. The van der Waals surface area contributed by atoms with E-state index in [2.05, 4.69) is 12.6 Å². The SMILES string of the molecule is CCOC(=O)Cc1c(C#N)cc(S)cc1OC. The molecule has 0 aliphatic rings. The van der Waals surface area contributed by atoms with Crippen LogP contribution < -0.4 is 4.74 Å². The highest BCUT2D eigenvalue weighted by molar-refractivity contribution is 7.80. The van der Waals surface area contributed by atoms with Crippen LogP contribution in [-0.4, -0.2) is 19.7 Å². The fourth-order valence-electron chi connectivity index (χ4n) is 1.45. The number of nitrogens with zero attached hydrogens (tertiary/aromatic N) is 1.